The van der Waals surface area contributed by atoms with Crippen LogP contribution in [0.4, 0.5) is 0 Å². The maximum Gasteiger partial charge on any atom is 0.307 e. The van der Waals surface area contributed by atoms with Crippen molar-refractivity contribution in [2.24, 2.45) is 23.7 Å². The van der Waals surface area contributed by atoms with Gasteiger partial charge >= 0.3 is 11.9 Å². The molecule has 15 heavy (non-hydrogen) atoms. The molecule has 0 aromatic rings. The summed E-state index contributed by atoms with van der Waals surface area (Å²) in [5.41, 5.74) is 0. The molecular formula is C9H10Br2O4. The van der Waals surface area contributed by atoms with Crippen LogP contribution < -0.4 is 0 Å². The van der Waals surface area contributed by atoms with Crippen LogP contribution in [0.1, 0.15) is 6.42 Å². The predicted molar refractivity (Wildman–Crippen MR) is 59.3 cm³/mol. The summed E-state index contributed by atoms with van der Waals surface area (Å²) in [6.07, 6.45) is 0.680. The lowest BCUT2D eigenvalue weighted by Gasteiger charge is -2.31. The number of fused-ring (bicyclic) bond motifs is 2. The molecule has 2 fully saturated rings. The Morgan fingerprint density at radius 1 is 0.933 bits per heavy atom. The zero-order valence-electron chi connectivity index (χ0n) is 7.64. The van der Waals surface area contributed by atoms with Gasteiger partial charge in [-0.15, -0.1) is 0 Å². The Bertz CT molecular complexity index is 289. The Morgan fingerprint density at radius 3 is 1.53 bits per heavy atom. The molecule has 0 aromatic carbocycles. The normalized spacial score (nSPS) is 48.1. The number of aliphatic carboxylic acids is 2. The molecule has 0 aliphatic heterocycles. The first-order valence-electron chi connectivity index (χ1n) is 4.69. The molecule has 2 N–H and O–H groups in total. The number of halogens is 2. The van der Waals surface area contributed by atoms with Crippen LogP contribution in [-0.4, -0.2) is 31.8 Å². The number of rotatable bonds is 2. The van der Waals surface area contributed by atoms with Crippen molar-refractivity contribution in [3.8, 4) is 0 Å². The van der Waals surface area contributed by atoms with Gasteiger partial charge in [-0.3, -0.25) is 9.59 Å². The third-order valence-electron chi connectivity index (χ3n) is 3.55. The fourth-order valence-corrected chi connectivity index (χ4v) is 4.82. The van der Waals surface area contributed by atoms with Gasteiger partial charge in [0.25, 0.3) is 0 Å². The van der Waals surface area contributed by atoms with E-state index in [0.717, 1.165) is 0 Å². The SMILES string of the molecule is O=C(O)[C@@H]1C2CC(C(Br)C2Br)[C@@H]1C(=O)O. The molecule has 84 valence electrons. The molecule has 0 saturated heterocycles. The lowest BCUT2D eigenvalue weighted by atomic mass is 9.79. The highest BCUT2D eigenvalue weighted by atomic mass is 79.9. The summed E-state index contributed by atoms with van der Waals surface area (Å²) in [7, 11) is 0. The van der Waals surface area contributed by atoms with Crippen LogP contribution in [0.2, 0.25) is 0 Å². The summed E-state index contributed by atoms with van der Waals surface area (Å²) in [4.78, 5) is 22.3. The summed E-state index contributed by atoms with van der Waals surface area (Å²) >= 11 is 6.89. The average molecular weight is 342 g/mol. The molecule has 2 aliphatic carbocycles. The largest absolute Gasteiger partial charge is 0.481 e. The van der Waals surface area contributed by atoms with E-state index < -0.39 is 23.8 Å². The number of alkyl halides is 2. The van der Waals surface area contributed by atoms with Crippen LogP contribution in [0.25, 0.3) is 0 Å². The Hall–Kier alpha value is -0.100. The van der Waals surface area contributed by atoms with Crippen LogP contribution in [0.3, 0.4) is 0 Å². The minimum Gasteiger partial charge on any atom is -0.481 e. The van der Waals surface area contributed by atoms with Gasteiger partial charge in [-0.1, -0.05) is 31.9 Å². The van der Waals surface area contributed by atoms with E-state index in [-0.39, 0.29) is 21.5 Å². The first-order valence-corrected chi connectivity index (χ1v) is 6.52. The van der Waals surface area contributed by atoms with Gasteiger partial charge in [0.15, 0.2) is 0 Å². The van der Waals surface area contributed by atoms with E-state index in [1.54, 1.807) is 0 Å². The number of carboxylic acids is 2. The van der Waals surface area contributed by atoms with E-state index in [2.05, 4.69) is 31.9 Å². The van der Waals surface area contributed by atoms with Crippen molar-refractivity contribution in [1.29, 1.82) is 0 Å². The third kappa shape index (κ3) is 1.53. The van der Waals surface area contributed by atoms with Gasteiger partial charge < -0.3 is 10.2 Å². The highest BCUT2D eigenvalue weighted by Gasteiger charge is 2.61. The van der Waals surface area contributed by atoms with Crippen molar-refractivity contribution < 1.29 is 19.8 Å². The van der Waals surface area contributed by atoms with Gasteiger partial charge in [-0.25, -0.2) is 0 Å². The van der Waals surface area contributed by atoms with E-state index in [1.165, 1.54) is 0 Å². The molecular weight excluding hydrogens is 332 g/mol. The van der Waals surface area contributed by atoms with Crippen LogP contribution in [0, 0.1) is 23.7 Å². The van der Waals surface area contributed by atoms with Crippen LogP contribution >= 0.6 is 31.9 Å². The fourth-order valence-electron chi connectivity index (χ4n) is 2.94. The molecule has 6 atom stereocenters. The van der Waals surface area contributed by atoms with Crippen molar-refractivity contribution in [2.75, 3.05) is 0 Å². The number of carboxylic acid groups (broad SMARTS) is 2. The number of hydrogen-bond donors (Lipinski definition) is 2. The smallest absolute Gasteiger partial charge is 0.307 e. The monoisotopic (exact) mass is 340 g/mol. The van der Waals surface area contributed by atoms with E-state index in [1.807, 2.05) is 0 Å². The molecule has 2 saturated carbocycles. The predicted octanol–water partition coefficient (Wildman–Crippen LogP) is 1.56. The van der Waals surface area contributed by atoms with Crippen molar-refractivity contribution in [3.05, 3.63) is 0 Å². The molecule has 0 aromatic heterocycles. The van der Waals surface area contributed by atoms with Gasteiger partial charge in [0, 0.05) is 9.65 Å². The minimum atomic E-state index is -0.987. The van der Waals surface area contributed by atoms with E-state index in [0.29, 0.717) is 6.42 Å². The molecule has 2 aliphatic rings. The summed E-state index contributed by atoms with van der Waals surface area (Å²) in [5, 5.41) is 18.1. The first kappa shape index (κ1) is 11.4. The molecule has 0 heterocycles. The van der Waals surface area contributed by atoms with Crippen molar-refractivity contribution >= 4 is 43.8 Å². The summed E-state index contributed by atoms with van der Waals surface area (Å²) < 4.78 is 0. The van der Waals surface area contributed by atoms with Crippen LogP contribution in [0.15, 0.2) is 0 Å². The van der Waals surface area contributed by atoms with Gasteiger partial charge in [-0.2, -0.15) is 0 Å². The average Bonchev–Trinajstić information content (AvgIpc) is 2.64. The highest BCUT2D eigenvalue weighted by molar-refractivity contribution is 9.12. The molecule has 4 unspecified atom stereocenters. The summed E-state index contributed by atoms with van der Waals surface area (Å²) in [6.45, 7) is 0. The van der Waals surface area contributed by atoms with Crippen molar-refractivity contribution in [2.45, 2.75) is 16.1 Å². The summed E-state index contributed by atoms with van der Waals surface area (Å²) in [5.74, 6) is -3.61. The second-order valence-corrected chi connectivity index (χ2v) is 6.29. The van der Waals surface area contributed by atoms with Gasteiger partial charge in [0.05, 0.1) is 11.8 Å². The number of hydrogen-bond acceptors (Lipinski definition) is 2. The highest BCUT2D eigenvalue weighted by Crippen LogP contribution is 2.57. The first-order chi connectivity index (χ1) is 6.95. The zero-order valence-corrected chi connectivity index (χ0v) is 10.8. The second kappa shape index (κ2) is 3.73. The summed E-state index contributed by atoms with van der Waals surface area (Å²) in [6, 6.07) is 0. The molecule has 0 radical (unpaired) electrons. The fraction of sp³-hybridized carbons (Fsp3) is 0.778. The molecule has 6 heteroatoms. The Balaban J connectivity index is 2.32. The Morgan fingerprint density at radius 2 is 1.27 bits per heavy atom. The molecule has 2 rings (SSSR count). The van der Waals surface area contributed by atoms with Gasteiger partial charge in [0.2, 0.25) is 0 Å². The topological polar surface area (TPSA) is 74.6 Å². The van der Waals surface area contributed by atoms with Crippen LogP contribution in [0.5, 0.6) is 0 Å². The Kier molecular flexibility index (Phi) is 2.83. The number of carbonyl (C=O) groups is 2. The van der Waals surface area contributed by atoms with Gasteiger partial charge in [-0.05, 0) is 18.3 Å². The van der Waals surface area contributed by atoms with Crippen LogP contribution in [-0.2, 0) is 9.59 Å². The third-order valence-corrected chi connectivity index (χ3v) is 6.75. The second-order valence-electron chi connectivity index (χ2n) is 4.18. The standard InChI is InChI=1S/C9H10Br2O4/c10-6-2-1-3(7(6)11)5(9(14)15)4(2)8(12)13/h2-7H,1H2,(H,12,13)(H,14,15)/t2?,3?,4-,5+,6?,7?. The zero-order chi connectivity index (χ0) is 11.3. The minimum absolute atomic E-state index is 0.0687. The maximum absolute atomic E-state index is 11.1. The van der Waals surface area contributed by atoms with Crippen molar-refractivity contribution in [3.63, 3.8) is 0 Å². The molecule has 0 amide bonds. The lowest BCUT2D eigenvalue weighted by Crippen LogP contribution is -2.43. The maximum atomic E-state index is 11.1. The molecule has 0 spiro atoms. The Labute approximate surface area is 103 Å². The molecule has 4 nitrogen and oxygen atoms in total. The van der Waals surface area contributed by atoms with E-state index in [9.17, 15) is 9.59 Å². The van der Waals surface area contributed by atoms with Gasteiger partial charge in [0.1, 0.15) is 0 Å². The van der Waals surface area contributed by atoms with E-state index in [4.69, 9.17) is 10.2 Å². The van der Waals surface area contributed by atoms with Crippen molar-refractivity contribution in [1.82, 2.24) is 0 Å². The quantitative estimate of drug-likeness (QED) is 0.747. The molecule has 2 bridgehead atoms. The lowest BCUT2D eigenvalue weighted by molar-refractivity contribution is -0.155. The van der Waals surface area contributed by atoms with E-state index >= 15 is 0 Å².